The molecule has 0 N–H and O–H groups in total. The van der Waals surface area contributed by atoms with Crippen molar-refractivity contribution in [1.29, 1.82) is 5.26 Å². The third-order valence-corrected chi connectivity index (χ3v) is 10.4. The zero-order valence-corrected chi connectivity index (χ0v) is 29.5. The van der Waals surface area contributed by atoms with Crippen LogP contribution in [-0.4, -0.2) is 15.0 Å². The maximum atomic E-state index is 9.53. The van der Waals surface area contributed by atoms with E-state index in [2.05, 4.69) is 141 Å². The smallest absolute Gasteiger partial charge is 0.164 e. The summed E-state index contributed by atoms with van der Waals surface area (Å²) >= 11 is 0. The zero-order chi connectivity index (χ0) is 35.9. The molecule has 0 radical (unpaired) electrons. The number of hydrogen-bond acceptors (Lipinski definition) is 4. The average Bonchev–Trinajstić information content (AvgIpc) is 3.46. The molecule has 0 aliphatic heterocycles. The van der Waals surface area contributed by atoms with Gasteiger partial charge in [0.05, 0.1) is 11.6 Å². The molecular formula is C49H34N4. The SMILES string of the molecule is CC1(C)c2ccc(-c3cccc(-c4ccc(-c5nc(-c6ccccc6)nc(-c6ccc(-c7ccccc7)cc6)n5)cc4)c3)cc2-c2ccc(C#N)cc21. The lowest BCUT2D eigenvalue weighted by atomic mass is 9.81. The average molecular weight is 679 g/mol. The van der Waals surface area contributed by atoms with E-state index < -0.39 is 0 Å². The Hall–Kier alpha value is -6.96. The maximum Gasteiger partial charge on any atom is 0.164 e. The Morgan fingerprint density at radius 1 is 0.377 bits per heavy atom. The molecular weight excluding hydrogens is 645 g/mol. The number of nitriles is 1. The number of benzene rings is 7. The van der Waals surface area contributed by atoms with Crippen LogP contribution in [0.3, 0.4) is 0 Å². The summed E-state index contributed by atoms with van der Waals surface area (Å²) in [5.41, 5.74) is 15.2. The van der Waals surface area contributed by atoms with Crippen LogP contribution in [0.25, 0.3) is 78.7 Å². The van der Waals surface area contributed by atoms with Crippen LogP contribution in [-0.2, 0) is 5.41 Å². The standard InChI is InChI=1S/C49H34N4/c1-49(2)44-27-25-41(30-43(44)42-26-16-32(31-50)28-45(42)49)40-15-9-14-39(29-40)35-19-23-38(24-20-35)48-52-46(36-12-7-4-8-13-36)51-47(53-48)37-21-17-34(18-22-37)33-10-5-3-6-11-33/h3-30H,1-2H3. The van der Waals surface area contributed by atoms with Gasteiger partial charge in [-0.3, -0.25) is 0 Å². The minimum absolute atomic E-state index is 0.159. The molecule has 0 bridgehead atoms. The van der Waals surface area contributed by atoms with E-state index in [0.717, 1.165) is 44.5 Å². The summed E-state index contributed by atoms with van der Waals surface area (Å²) in [4.78, 5) is 14.9. The highest BCUT2D eigenvalue weighted by Crippen LogP contribution is 2.50. The second-order valence-electron chi connectivity index (χ2n) is 14.0. The molecule has 0 unspecified atom stereocenters. The van der Waals surface area contributed by atoms with Crippen LogP contribution in [0.15, 0.2) is 170 Å². The van der Waals surface area contributed by atoms with Crippen molar-refractivity contribution in [1.82, 2.24) is 15.0 Å². The Kier molecular flexibility index (Phi) is 7.83. The molecule has 4 heteroatoms. The van der Waals surface area contributed by atoms with E-state index in [1.807, 2.05) is 48.5 Å². The zero-order valence-electron chi connectivity index (χ0n) is 29.5. The lowest BCUT2D eigenvalue weighted by molar-refractivity contribution is 0.660. The Morgan fingerprint density at radius 2 is 0.811 bits per heavy atom. The number of aromatic nitrogens is 3. The van der Waals surface area contributed by atoms with Gasteiger partial charge < -0.3 is 0 Å². The summed E-state index contributed by atoms with van der Waals surface area (Å²) in [7, 11) is 0. The first-order chi connectivity index (χ1) is 25.9. The summed E-state index contributed by atoms with van der Waals surface area (Å²) < 4.78 is 0. The predicted molar refractivity (Wildman–Crippen MR) is 215 cm³/mol. The second-order valence-corrected chi connectivity index (χ2v) is 14.0. The van der Waals surface area contributed by atoms with Crippen molar-refractivity contribution in [2.24, 2.45) is 0 Å². The number of fused-ring (bicyclic) bond motifs is 3. The van der Waals surface area contributed by atoms with Gasteiger partial charge in [-0.25, -0.2) is 15.0 Å². The fourth-order valence-corrected chi connectivity index (χ4v) is 7.49. The molecule has 0 saturated carbocycles. The lowest BCUT2D eigenvalue weighted by Crippen LogP contribution is -2.15. The van der Waals surface area contributed by atoms with Gasteiger partial charge in [0, 0.05) is 22.1 Å². The van der Waals surface area contributed by atoms with E-state index in [0.29, 0.717) is 23.0 Å². The molecule has 1 aromatic heterocycles. The number of nitrogens with zero attached hydrogens (tertiary/aromatic N) is 4. The normalized spacial score (nSPS) is 12.5. The molecule has 1 aliphatic rings. The fourth-order valence-electron chi connectivity index (χ4n) is 7.49. The Labute approximate surface area is 309 Å². The van der Waals surface area contributed by atoms with Gasteiger partial charge in [-0.15, -0.1) is 0 Å². The van der Waals surface area contributed by atoms with Gasteiger partial charge in [-0.2, -0.15) is 5.26 Å². The van der Waals surface area contributed by atoms with Crippen molar-refractivity contribution >= 4 is 0 Å². The quantitative estimate of drug-likeness (QED) is 0.176. The van der Waals surface area contributed by atoms with Crippen molar-refractivity contribution in [3.63, 3.8) is 0 Å². The first kappa shape index (κ1) is 32.0. The summed E-state index contributed by atoms with van der Waals surface area (Å²) in [6.07, 6.45) is 0. The Morgan fingerprint density at radius 3 is 1.40 bits per heavy atom. The molecule has 4 nitrogen and oxygen atoms in total. The van der Waals surface area contributed by atoms with Crippen molar-refractivity contribution in [2.75, 3.05) is 0 Å². The number of rotatable bonds is 6. The summed E-state index contributed by atoms with van der Waals surface area (Å²) in [5.74, 6) is 1.90. The molecule has 7 aromatic carbocycles. The molecule has 9 rings (SSSR count). The first-order valence-corrected chi connectivity index (χ1v) is 17.8. The molecule has 0 saturated heterocycles. The second kappa shape index (κ2) is 13.0. The third-order valence-electron chi connectivity index (χ3n) is 10.4. The largest absolute Gasteiger partial charge is 0.208 e. The van der Waals surface area contributed by atoms with Gasteiger partial charge >= 0.3 is 0 Å². The monoisotopic (exact) mass is 678 g/mol. The van der Waals surface area contributed by atoms with Gasteiger partial charge in [-0.1, -0.05) is 159 Å². The molecule has 53 heavy (non-hydrogen) atoms. The molecule has 1 heterocycles. The summed E-state index contributed by atoms with van der Waals surface area (Å²) in [5, 5.41) is 9.53. The molecule has 0 amide bonds. The Balaban J connectivity index is 1.04. The first-order valence-electron chi connectivity index (χ1n) is 17.8. The minimum atomic E-state index is -0.159. The van der Waals surface area contributed by atoms with E-state index in [1.165, 1.54) is 27.8 Å². The van der Waals surface area contributed by atoms with Crippen molar-refractivity contribution in [3.05, 3.63) is 187 Å². The minimum Gasteiger partial charge on any atom is -0.208 e. The molecule has 0 atom stereocenters. The molecule has 8 aromatic rings. The van der Waals surface area contributed by atoms with E-state index >= 15 is 0 Å². The van der Waals surface area contributed by atoms with Crippen LogP contribution in [0.5, 0.6) is 0 Å². The van der Waals surface area contributed by atoms with Gasteiger partial charge in [-0.05, 0) is 79.9 Å². The van der Waals surface area contributed by atoms with E-state index in [1.54, 1.807) is 0 Å². The van der Waals surface area contributed by atoms with Gasteiger partial charge in [0.1, 0.15) is 0 Å². The summed E-state index contributed by atoms with van der Waals surface area (Å²) in [6.45, 7) is 4.48. The fraction of sp³-hybridized carbons (Fsp3) is 0.0612. The molecule has 250 valence electrons. The van der Waals surface area contributed by atoms with Gasteiger partial charge in [0.25, 0.3) is 0 Å². The summed E-state index contributed by atoms with van der Waals surface area (Å²) in [6, 6.07) is 61.2. The van der Waals surface area contributed by atoms with E-state index in [9.17, 15) is 5.26 Å². The van der Waals surface area contributed by atoms with Crippen molar-refractivity contribution in [3.8, 4) is 84.7 Å². The lowest BCUT2D eigenvalue weighted by Gasteiger charge is -2.21. The van der Waals surface area contributed by atoms with Crippen LogP contribution < -0.4 is 0 Å². The maximum absolute atomic E-state index is 9.53. The van der Waals surface area contributed by atoms with Crippen LogP contribution in [0.1, 0.15) is 30.5 Å². The molecule has 0 spiro atoms. The highest BCUT2D eigenvalue weighted by atomic mass is 15.0. The molecule has 1 aliphatic carbocycles. The highest BCUT2D eigenvalue weighted by Gasteiger charge is 2.35. The van der Waals surface area contributed by atoms with Gasteiger partial charge in [0.15, 0.2) is 17.5 Å². The van der Waals surface area contributed by atoms with Crippen molar-refractivity contribution in [2.45, 2.75) is 19.3 Å². The number of hydrogen-bond donors (Lipinski definition) is 0. The van der Waals surface area contributed by atoms with E-state index in [-0.39, 0.29) is 5.41 Å². The van der Waals surface area contributed by atoms with Gasteiger partial charge in [0.2, 0.25) is 0 Å². The predicted octanol–water partition coefficient (Wildman–Crippen LogP) is 12.1. The highest BCUT2D eigenvalue weighted by molar-refractivity contribution is 5.86. The Bertz CT molecular complexity index is 2670. The van der Waals surface area contributed by atoms with Crippen LogP contribution in [0.4, 0.5) is 0 Å². The topological polar surface area (TPSA) is 62.5 Å². The third kappa shape index (κ3) is 5.89. The van der Waals surface area contributed by atoms with Crippen LogP contribution >= 0.6 is 0 Å². The van der Waals surface area contributed by atoms with Crippen LogP contribution in [0.2, 0.25) is 0 Å². The van der Waals surface area contributed by atoms with E-state index in [4.69, 9.17) is 15.0 Å². The van der Waals surface area contributed by atoms with Crippen molar-refractivity contribution < 1.29 is 0 Å². The molecule has 0 fully saturated rings. The van der Waals surface area contributed by atoms with Crippen LogP contribution in [0, 0.1) is 11.3 Å².